The van der Waals surface area contributed by atoms with E-state index < -0.39 is 5.54 Å². The van der Waals surface area contributed by atoms with Crippen LogP contribution in [-0.2, 0) is 0 Å². The van der Waals surface area contributed by atoms with E-state index in [2.05, 4.69) is 0 Å². The van der Waals surface area contributed by atoms with Crippen LogP contribution in [0.1, 0.15) is 52.0 Å². The molecule has 1 aliphatic carbocycles. The standard InChI is InChI=1S/C15H17NO3/c1-10-4-5-11-12(8-10)14(19)16(13(11)18)15(9-17)6-2-3-7-15/h4-5,8,17H,2-3,6-7,9H2,1H3. The van der Waals surface area contributed by atoms with Gasteiger partial charge in [-0.1, -0.05) is 24.5 Å². The van der Waals surface area contributed by atoms with Crippen molar-refractivity contribution in [2.45, 2.75) is 38.1 Å². The number of aryl methyl sites for hydroxylation is 1. The molecular formula is C15H17NO3. The number of fused-ring (bicyclic) bond motifs is 1. The Hall–Kier alpha value is -1.68. The summed E-state index contributed by atoms with van der Waals surface area (Å²) in [6, 6.07) is 5.31. The van der Waals surface area contributed by atoms with E-state index in [1.807, 2.05) is 13.0 Å². The first-order valence-electron chi connectivity index (χ1n) is 6.69. The van der Waals surface area contributed by atoms with Crippen molar-refractivity contribution in [2.75, 3.05) is 6.61 Å². The summed E-state index contributed by atoms with van der Waals surface area (Å²) < 4.78 is 0. The highest BCUT2D eigenvalue weighted by Gasteiger charge is 2.49. The van der Waals surface area contributed by atoms with Crippen LogP contribution in [0, 0.1) is 6.92 Å². The fraction of sp³-hybridized carbons (Fsp3) is 0.467. The predicted molar refractivity (Wildman–Crippen MR) is 70.0 cm³/mol. The molecule has 0 bridgehead atoms. The Balaban J connectivity index is 2.07. The highest BCUT2D eigenvalue weighted by Crippen LogP contribution is 2.40. The number of nitrogens with zero attached hydrogens (tertiary/aromatic N) is 1. The molecule has 19 heavy (non-hydrogen) atoms. The molecule has 4 nitrogen and oxygen atoms in total. The highest BCUT2D eigenvalue weighted by atomic mass is 16.3. The molecule has 0 unspecified atom stereocenters. The molecule has 3 rings (SSSR count). The zero-order chi connectivity index (χ0) is 13.6. The predicted octanol–water partition coefficient (Wildman–Crippen LogP) is 1.90. The number of hydrogen-bond donors (Lipinski definition) is 1. The quantitative estimate of drug-likeness (QED) is 0.825. The van der Waals surface area contributed by atoms with Crippen molar-refractivity contribution in [3.05, 3.63) is 34.9 Å². The minimum absolute atomic E-state index is 0.141. The van der Waals surface area contributed by atoms with Gasteiger partial charge in [0.1, 0.15) is 0 Å². The Kier molecular flexibility index (Phi) is 2.71. The number of aliphatic hydroxyl groups is 1. The molecule has 100 valence electrons. The maximum Gasteiger partial charge on any atom is 0.262 e. The summed E-state index contributed by atoms with van der Waals surface area (Å²) in [6.07, 6.45) is 3.31. The normalized spacial score (nSPS) is 21.1. The van der Waals surface area contributed by atoms with Gasteiger partial charge in [-0.15, -0.1) is 0 Å². The summed E-state index contributed by atoms with van der Waals surface area (Å²) in [5.41, 5.74) is 1.23. The smallest absolute Gasteiger partial charge is 0.262 e. The molecule has 2 amide bonds. The Morgan fingerprint density at radius 1 is 1.16 bits per heavy atom. The van der Waals surface area contributed by atoms with Gasteiger partial charge in [0.25, 0.3) is 11.8 Å². The Morgan fingerprint density at radius 3 is 2.42 bits per heavy atom. The average molecular weight is 259 g/mol. The largest absolute Gasteiger partial charge is 0.394 e. The Morgan fingerprint density at radius 2 is 1.79 bits per heavy atom. The molecule has 1 heterocycles. The van der Waals surface area contributed by atoms with E-state index in [0.29, 0.717) is 24.0 Å². The molecule has 4 heteroatoms. The lowest BCUT2D eigenvalue weighted by atomic mass is 9.96. The van der Waals surface area contributed by atoms with Crippen LogP contribution < -0.4 is 0 Å². The van der Waals surface area contributed by atoms with Crippen LogP contribution >= 0.6 is 0 Å². The number of rotatable bonds is 2. The number of hydrogen-bond acceptors (Lipinski definition) is 3. The van der Waals surface area contributed by atoms with Gasteiger partial charge in [-0.2, -0.15) is 0 Å². The van der Waals surface area contributed by atoms with E-state index in [1.54, 1.807) is 12.1 Å². The van der Waals surface area contributed by atoms with Crippen LogP contribution in [0.3, 0.4) is 0 Å². The zero-order valence-electron chi connectivity index (χ0n) is 11.0. The first kappa shape index (κ1) is 12.4. The van der Waals surface area contributed by atoms with E-state index in [9.17, 15) is 14.7 Å². The third-order valence-corrected chi connectivity index (χ3v) is 4.34. The SMILES string of the molecule is Cc1ccc2c(c1)C(=O)N(C1(CO)CCCC1)C2=O. The molecule has 0 aromatic heterocycles. The molecule has 0 saturated heterocycles. The van der Waals surface area contributed by atoms with Gasteiger partial charge < -0.3 is 5.11 Å². The summed E-state index contributed by atoms with van der Waals surface area (Å²) in [5.74, 6) is -0.504. The number of carbonyl (C=O) groups is 2. The Labute approximate surface area is 112 Å². The van der Waals surface area contributed by atoms with Gasteiger partial charge >= 0.3 is 0 Å². The van der Waals surface area contributed by atoms with Crippen molar-refractivity contribution in [1.82, 2.24) is 4.90 Å². The van der Waals surface area contributed by atoms with E-state index in [1.165, 1.54) is 4.90 Å². The van der Waals surface area contributed by atoms with Crippen molar-refractivity contribution in [1.29, 1.82) is 0 Å². The number of carbonyl (C=O) groups excluding carboxylic acids is 2. The van der Waals surface area contributed by atoms with Crippen molar-refractivity contribution in [2.24, 2.45) is 0 Å². The van der Waals surface area contributed by atoms with E-state index in [0.717, 1.165) is 18.4 Å². The minimum atomic E-state index is -0.679. The van der Waals surface area contributed by atoms with Crippen LogP contribution in [0.15, 0.2) is 18.2 Å². The highest BCUT2D eigenvalue weighted by molar-refractivity contribution is 6.22. The molecular weight excluding hydrogens is 242 g/mol. The maximum atomic E-state index is 12.5. The molecule has 1 aromatic carbocycles. The summed E-state index contributed by atoms with van der Waals surface area (Å²) in [7, 11) is 0. The molecule has 1 aliphatic heterocycles. The fourth-order valence-corrected chi connectivity index (χ4v) is 3.27. The van der Waals surface area contributed by atoms with Gasteiger partial charge in [0, 0.05) is 0 Å². The number of benzene rings is 1. The van der Waals surface area contributed by atoms with Crippen LogP contribution in [0.4, 0.5) is 0 Å². The maximum absolute atomic E-state index is 12.5. The van der Waals surface area contributed by atoms with Crippen LogP contribution in [0.25, 0.3) is 0 Å². The van der Waals surface area contributed by atoms with Gasteiger partial charge in [0.2, 0.25) is 0 Å². The van der Waals surface area contributed by atoms with Gasteiger partial charge in [-0.05, 0) is 31.9 Å². The van der Waals surface area contributed by atoms with Crippen molar-refractivity contribution in [3.63, 3.8) is 0 Å². The summed E-state index contributed by atoms with van der Waals surface area (Å²) >= 11 is 0. The lowest BCUT2D eigenvalue weighted by molar-refractivity contribution is 0.0268. The van der Waals surface area contributed by atoms with Crippen molar-refractivity contribution >= 4 is 11.8 Å². The first-order chi connectivity index (χ1) is 9.09. The van der Waals surface area contributed by atoms with Gasteiger partial charge in [0.15, 0.2) is 0 Å². The second-order valence-electron chi connectivity index (χ2n) is 5.58. The van der Waals surface area contributed by atoms with Crippen LogP contribution in [0.5, 0.6) is 0 Å². The number of imide groups is 1. The van der Waals surface area contributed by atoms with Crippen molar-refractivity contribution < 1.29 is 14.7 Å². The molecule has 1 fully saturated rings. The molecule has 0 atom stereocenters. The zero-order valence-corrected chi connectivity index (χ0v) is 11.0. The lowest BCUT2D eigenvalue weighted by Gasteiger charge is -2.35. The monoisotopic (exact) mass is 259 g/mol. The first-order valence-corrected chi connectivity index (χ1v) is 6.69. The Bertz CT molecular complexity index is 559. The number of amides is 2. The molecule has 1 aromatic rings. The second kappa shape index (κ2) is 4.17. The van der Waals surface area contributed by atoms with E-state index in [-0.39, 0.29) is 18.4 Å². The van der Waals surface area contributed by atoms with Gasteiger partial charge in [-0.25, -0.2) is 0 Å². The fourth-order valence-electron chi connectivity index (χ4n) is 3.27. The molecule has 2 aliphatic rings. The van der Waals surface area contributed by atoms with Crippen molar-refractivity contribution in [3.8, 4) is 0 Å². The second-order valence-corrected chi connectivity index (χ2v) is 5.58. The minimum Gasteiger partial charge on any atom is -0.394 e. The third kappa shape index (κ3) is 1.63. The molecule has 1 N–H and O–H groups in total. The number of aliphatic hydroxyl groups excluding tert-OH is 1. The van der Waals surface area contributed by atoms with E-state index in [4.69, 9.17) is 0 Å². The summed E-state index contributed by atoms with van der Waals surface area (Å²) in [4.78, 5) is 26.3. The van der Waals surface area contributed by atoms with Crippen LogP contribution in [0.2, 0.25) is 0 Å². The summed E-state index contributed by atoms with van der Waals surface area (Å²) in [5, 5.41) is 9.70. The molecule has 1 saturated carbocycles. The topological polar surface area (TPSA) is 57.6 Å². The molecule has 0 radical (unpaired) electrons. The van der Waals surface area contributed by atoms with E-state index >= 15 is 0 Å². The van der Waals surface area contributed by atoms with Gasteiger partial charge in [-0.3, -0.25) is 14.5 Å². The average Bonchev–Trinajstić information content (AvgIpc) is 2.96. The third-order valence-electron chi connectivity index (χ3n) is 4.34. The van der Waals surface area contributed by atoms with Gasteiger partial charge in [0.05, 0.1) is 23.3 Å². The molecule has 0 spiro atoms. The summed E-state index contributed by atoms with van der Waals surface area (Å²) in [6.45, 7) is 1.76. The lowest BCUT2D eigenvalue weighted by Crippen LogP contribution is -2.52. The van der Waals surface area contributed by atoms with Crippen LogP contribution in [-0.4, -0.2) is 34.0 Å².